The summed E-state index contributed by atoms with van der Waals surface area (Å²) in [4.78, 5) is 14.4. The number of unbranched alkanes of at least 4 members (excludes halogenated alkanes) is 1. The molecule has 31 heavy (non-hydrogen) atoms. The zero-order valence-corrected chi connectivity index (χ0v) is 21.8. The summed E-state index contributed by atoms with van der Waals surface area (Å²) >= 11 is 0. The number of hydrogen-bond acceptors (Lipinski definition) is 4. The Labute approximate surface area is 204 Å². The first-order valence-electron chi connectivity index (χ1n) is 11.5. The number of rotatable bonds is 10. The maximum absolute atomic E-state index is 4.76. The fourth-order valence-electron chi connectivity index (χ4n) is 3.98. The molecule has 0 saturated carbocycles. The molecule has 174 valence electrons. The number of guanidine groups is 1. The van der Waals surface area contributed by atoms with Gasteiger partial charge in [-0.1, -0.05) is 12.1 Å². The van der Waals surface area contributed by atoms with Gasteiger partial charge in [-0.25, -0.2) is 4.98 Å². The van der Waals surface area contributed by atoms with Crippen LogP contribution in [0.4, 0.5) is 0 Å². The van der Waals surface area contributed by atoms with Gasteiger partial charge < -0.3 is 25.0 Å². The van der Waals surface area contributed by atoms with E-state index in [9.17, 15) is 0 Å². The predicted molar refractivity (Wildman–Crippen MR) is 142 cm³/mol. The van der Waals surface area contributed by atoms with E-state index in [2.05, 4.69) is 69.1 Å². The molecule has 1 aliphatic rings. The lowest BCUT2D eigenvalue weighted by atomic mass is 10.2. The molecule has 2 N–H and O–H groups in total. The summed E-state index contributed by atoms with van der Waals surface area (Å²) in [6.07, 6.45) is 3.42. The normalized spacial score (nSPS) is 15.8. The van der Waals surface area contributed by atoms with Gasteiger partial charge in [0.15, 0.2) is 5.96 Å². The lowest BCUT2D eigenvalue weighted by Gasteiger charge is -2.32. The summed E-state index contributed by atoms with van der Waals surface area (Å²) in [5.74, 6) is 2.01. The van der Waals surface area contributed by atoms with Crippen molar-refractivity contribution < 1.29 is 0 Å². The number of benzene rings is 1. The lowest BCUT2D eigenvalue weighted by Crippen LogP contribution is -2.44. The van der Waals surface area contributed by atoms with Crippen LogP contribution in [0.25, 0.3) is 11.0 Å². The minimum atomic E-state index is 0. The Morgan fingerprint density at radius 2 is 1.81 bits per heavy atom. The van der Waals surface area contributed by atoms with Crippen molar-refractivity contribution in [2.45, 2.75) is 39.7 Å². The van der Waals surface area contributed by atoms with Crippen molar-refractivity contribution in [3.63, 3.8) is 0 Å². The first kappa shape index (κ1) is 25.9. The molecule has 0 amide bonds. The van der Waals surface area contributed by atoms with E-state index >= 15 is 0 Å². The van der Waals surface area contributed by atoms with Gasteiger partial charge in [0, 0.05) is 52.4 Å². The summed E-state index contributed by atoms with van der Waals surface area (Å²) in [7, 11) is 2.21. The fraction of sp³-hybridized carbons (Fsp3) is 0.652. The van der Waals surface area contributed by atoms with Crippen molar-refractivity contribution in [3.8, 4) is 0 Å². The van der Waals surface area contributed by atoms with Crippen LogP contribution in [-0.4, -0.2) is 84.7 Å². The molecule has 1 saturated heterocycles. The predicted octanol–water partition coefficient (Wildman–Crippen LogP) is 2.94. The highest BCUT2D eigenvalue weighted by molar-refractivity contribution is 14.0. The van der Waals surface area contributed by atoms with Gasteiger partial charge in [-0.3, -0.25) is 4.99 Å². The van der Waals surface area contributed by atoms with E-state index in [-0.39, 0.29) is 24.0 Å². The molecule has 1 aromatic carbocycles. The van der Waals surface area contributed by atoms with E-state index < -0.39 is 0 Å². The van der Waals surface area contributed by atoms with E-state index in [4.69, 9.17) is 4.99 Å². The van der Waals surface area contributed by atoms with Crippen LogP contribution < -0.4 is 10.6 Å². The number of likely N-dealkylation sites (N-methyl/N-ethyl adjacent to an activating group) is 1. The van der Waals surface area contributed by atoms with Crippen molar-refractivity contribution >= 4 is 41.0 Å². The number of nitrogens with zero attached hydrogens (tertiary/aromatic N) is 5. The molecule has 1 aliphatic heterocycles. The second-order valence-corrected chi connectivity index (χ2v) is 8.19. The monoisotopic (exact) mass is 541 g/mol. The third-order valence-corrected chi connectivity index (χ3v) is 5.79. The van der Waals surface area contributed by atoms with Crippen LogP contribution in [0.15, 0.2) is 29.3 Å². The first-order valence-corrected chi connectivity index (χ1v) is 11.5. The maximum Gasteiger partial charge on any atom is 0.191 e. The number of aryl methyl sites for hydroxylation is 2. The zero-order valence-electron chi connectivity index (χ0n) is 19.4. The SMILES string of the molecule is CCNC(=NCCCn1c(C)nc2ccccc21)NCCCCN1CCN(C)CC1.I. The molecule has 0 bridgehead atoms. The Morgan fingerprint density at radius 3 is 2.58 bits per heavy atom. The van der Waals surface area contributed by atoms with Gasteiger partial charge in [-0.15, -0.1) is 24.0 Å². The minimum Gasteiger partial charge on any atom is -0.357 e. The zero-order chi connectivity index (χ0) is 21.2. The van der Waals surface area contributed by atoms with Gasteiger partial charge in [0.05, 0.1) is 11.0 Å². The molecule has 8 heteroatoms. The van der Waals surface area contributed by atoms with Crippen molar-refractivity contribution in [1.29, 1.82) is 0 Å². The smallest absolute Gasteiger partial charge is 0.191 e. The van der Waals surface area contributed by atoms with E-state index in [0.29, 0.717) is 0 Å². The van der Waals surface area contributed by atoms with Crippen molar-refractivity contribution in [3.05, 3.63) is 30.1 Å². The third kappa shape index (κ3) is 8.23. The molecule has 7 nitrogen and oxygen atoms in total. The number of piperazine rings is 1. The highest BCUT2D eigenvalue weighted by atomic mass is 127. The van der Waals surface area contributed by atoms with Gasteiger partial charge in [0.25, 0.3) is 0 Å². The van der Waals surface area contributed by atoms with Crippen LogP contribution in [0.5, 0.6) is 0 Å². The second kappa shape index (κ2) is 13.9. The number of aliphatic imine (C=N–C) groups is 1. The number of hydrogen-bond donors (Lipinski definition) is 2. The Balaban J connectivity index is 0.00000341. The Bertz CT molecular complexity index is 796. The second-order valence-electron chi connectivity index (χ2n) is 8.19. The largest absolute Gasteiger partial charge is 0.357 e. The molecular formula is C23H40IN7. The van der Waals surface area contributed by atoms with Crippen molar-refractivity contribution in [2.75, 3.05) is 59.4 Å². The molecular weight excluding hydrogens is 501 g/mol. The molecule has 0 atom stereocenters. The van der Waals surface area contributed by atoms with E-state index in [1.54, 1.807) is 0 Å². The topological polar surface area (TPSA) is 60.7 Å². The number of nitrogens with one attached hydrogen (secondary N) is 2. The van der Waals surface area contributed by atoms with Crippen LogP contribution >= 0.6 is 24.0 Å². The van der Waals surface area contributed by atoms with Gasteiger partial charge >= 0.3 is 0 Å². The average molecular weight is 542 g/mol. The van der Waals surface area contributed by atoms with Crippen LogP contribution in [0.3, 0.4) is 0 Å². The molecule has 2 heterocycles. The van der Waals surface area contributed by atoms with Crippen LogP contribution in [-0.2, 0) is 6.54 Å². The molecule has 0 aliphatic carbocycles. The lowest BCUT2D eigenvalue weighted by molar-refractivity contribution is 0.152. The van der Waals surface area contributed by atoms with Crippen LogP contribution in [0.1, 0.15) is 32.0 Å². The molecule has 2 aromatic rings. The highest BCUT2D eigenvalue weighted by Crippen LogP contribution is 2.15. The summed E-state index contributed by atoms with van der Waals surface area (Å²) in [5, 5.41) is 6.86. The van der Waals surface area contributed by atoms with Gasteiger partial charge in [-0.2, -0.15) is 0 Å². The Kier molecular flexibility index (Phi) is 11.6. The number of halogens is 1. The van der Waals surface area contributed by atoms with Crippen molar-refractivity contribution in [1.82, 2.24) is 30.0 Å². The van der Waals surface area contributed by atoms with Gasteiger partial charge in [0.1, 0.15) is 5.82 Å². The van der Waals surface area contributed by atoms with Crippen LogP contribution in [0, 0.1) is 6.92 Å². The molecule has 3 rings (SSSR count). The molecule has 1 fully saturated rings. The Hall–Kier alpha value is -1.39. The van der Waals surface area contributed by atoms with E-state index in [1.807, 2.05) is 6.07 Å². The number of aromatic nitrogens is 2. The van der Waals surface area contributed by atoms with Crippen molar-refractivity contribution in [2.24, 2.45) is 4.99 Å². The highest BCUT2D eigenvalue weighted by Gasteiger charge is 2.12. The number of fused-ring (bicyclic) bond motifs is 1. The van der Waals surface area contributed by atoms with E-state index in [0.717, 1.165) is 49.9 Å². The van der Waals surface area contributed by atoms with Gasteiger partial charge in [0.2, 0.25) is 0 Å². The van der Waals surface area contributed by atoms with Crippen LogP contribution in [0.2, 0.25) is 0 Å². The summed E-state index contributed by atoms with van der Waals surface area (Å²) in [6.45, 7) is 13.8. The van der Waals surface area contributed by atoms with E-state index in [1.165, 1.54) is 51.1 Å². The average Bonchev–Trinajstić information content (AvgIpc) is 3.07. The third-order valence-electron chi connectivity index (χ3n) is 5.79. The summed E-state index contributed by atoms with van der Waals surface area (Å²) < 4.78 is 2.30. The number of imidazole rings is 1. The molecule has 0 unspecified atom stereocenters. The standard InChI is InChI=1S/C23H39N7.HI/c1-4-24-23(25-12-7-8-14-29-18-16-28(3)17-19-29)26-13-9-15-30-20(2)27-21-10-5-6-11-22(21)30;/h5-6,10-11H,4,7-9,12-19H2,1-3H3,(H2,24,25,26);1H. The molecule has 0 spiro atoms. The first-order chi connectivity index (χ1) is 14.7. The quantitative estimate of drug-likeness (QED) is 0.210. The fourth-order valence-corrected chi connectivity index (χ4v) is 3.98. The minimum absolute atomic E-state index is 0. The van der Waals surface area contributed by atoms with Gasteiger partial charge in [-0.05, 0) is 58.8 Å². The molecule has 1 aromatic heterocycles. The summed E-state index contributed by atoms with van der Waals surface area (Å²) in [5.41, 5.74) is 2.29. The molecule has 0 radical (unpaired) electrons. The Morgan fingerprint density at radius 1 is 1.03 bits per heavy atom. The maximum atomic E-state index is 4.76. The number of para-hydroxylation sites is 2. The summed E-state index contributed by atoms with van der Waals surface area (Å²) in [6, 6.07) is 8.35.